The fourth-order valence-corrected chi connectivity index (χ4v) is 5.16. The molecule has 0 atom stereocenters. The van der Waals surface area contributed by atoms with Crippen LogP contribution in [0.15, 0.2) is 54.6 Å². The first kappa shape index (κ1) is 21.8. The standard InChI is InChI=1S/C28H30N6O/c1-19-17-20(2)29-27-26(19)28-30-21(3)18-25(34(28)31-27)33-13-11-32(12-14-33)15-16-35-24-10-6-8-22-7-4-5-9-23(22)24/h4-10,17-18H,11-16H2,1-3H3. The average Bonchev–Trinajstić information content (AvgIpc) is 3.22. The fourth-order valence-electron chi connectivity index (χ4n) is 5.16. The maximum atomic E-state index is 6.18. The molecule has 2 aromatic carbocycles. The van der Waals surface area contributed by atoms with Gasteiger partial charge in [-0.25, -0.2) is 9.97 Å². The van der Waals surface area contributed by atoms with E-state index in [1.165, 1.54) is 16.3 Å². The maximum Gasteiger partial charge on any atom is 0.184 e. The quantitative estimate of drug-likeness (QED) is 0.379. The summed E-state index contributed by atoms with van der Waals surface area (Å²) in [6.07, 6.45) is 0. The van der Waals surface area contributed by atoms with Gasteiger partial charge >= 0.3 is 0 Å². The minimum absolute atomic E-state index is 0.682. The van der Waals surface area contributed by atoms with Gasteiger partial charge in [-0.3, -0.25) is 4.90 Å². The Labute approximate surface area is 205 Å². The van der Waals surface area contributed by atoms with E-state index in [0.717, 1.165) is 72.4 Å². The zero-order valence-corrected chi connectivity index (χ0v) is 20.5. The highest BCUT2D eigenvalue weighted by Gasteiger charge is 2.22. The predicted octanol–water partition coefficient (Wildman–Crippen LogP) is 4.56. The van der Waals surface area contributed by atoms with E-state index in [4.69, 9.17) is 14.8 Å². The van der Waals surface area contributed by atoms with Gasteiger partial charge in [-0.05, 0) is 43.9 Å². The Morgan fingerprint density at radius 1 is 0.857 bits per heavy atom. The highest BCUT2D eigenvalue weighted by molar-refractivity contribution is 5.93. The molecule has 0 N–H and O–H groups in total. The molecule has 1 aliphatic heterocycles. The Morgan fingerprint density at radius 2 is 1.63 bits per heavy atom. The zero-order chi connectivity index (χ0) is 23.9. The lowest BCUT2D eigenvalue weighted by atomic mass is 10.1. The van der Waals surface area contributed by atoms with Crippen LogP contribution in [0, 0.1) is 20.8 Å². The number of nitrogens with zero attached hydrogens (tertiary/aromatic N) is 6. The second kappa shape index (κ2) is 8.82. The first-order valence-electron chi connectivity index (χ1n) is 12.3. The lowest BCUT2D eigenvalue weighted by Crippen LogP contribution is -2.48. The molecule has 1 fully saturated rings. The number of hydrogen-bond donors (Lipinski definition) is 0. The number of pyridine rings is 1. The molecule has 0 saturated carbocycles. The number of piperazine rings is 1. The number of ether oxygens (including phenoxy) is 1. The second-order valence-corrected chi connectivity index (χ2v) is 9.42. The Hall–Kier alpha value is -3.71. The molecule has 35 heavy (non-hydrogen) atoms. The molecular formula is C28H30N6O. The van der Waals surface area contributed by atoms with Gasteiger partial charge in [-0.2, -0.15) is 4.52 Å². The molecule has 0 spiro atoms. The predicted molar refractivity (Wildman–Crippen MR) is 141 cm³/mol. The van der Waals surface area contributed by atoms with Crippen LogP contribution in [-0.2, 0) is 0 Å². The van der Waals surface area contributed by atoms with Crippen molar-refractivity contribution in [3.63, 3.8) is 0 Å². The first-order chi connectivity index (χ1) is 17.1. The molecule has 5 aromatic rings. The van der Waals surface area contributed by atoms with Crippen LogP contribution in [-0.4, -0.2) is 63.8 Å². The smallest absolute Gasteiger partial charge is 0.184 e. The fraction of sp³-hybridized carbons (Fsp3) is 0.321. The van der Waals surface area contributed by atoms with Crippen molar-refractivity contribution in [1.29, 1.82) is 0 Å². The van der Waals surface area contributed by atoms with Crippen LogP contribution in [0.1, 0.15) is 17.0 Å². The van der Waals surface area contributed by atoms with Gasteiger partial charge in [0.2, 0.25) is 0 Å². The number of aryl methyl sites for hydroxylation is 3. The molecular weight excluding hydrogens is 436 g/mol. The summed E-state index contributed by atoms with van der Waals surface area (Å²) in [6.45, 7) is 11.6. The monoisotopic (exact) mass is 466 g/mol. The van der Waals surface area contributed by atoms with Gasteiger partial charge in [0.1, 0.15) is 18.2 Å². The highest BCUT2D eigenvalue weighted by Crippen LogP contribution is 2.27. The van der Waals surface area contributed by atoms with E-state index < -0.39 is 0 Å². The molecule has 7 heteroatoms. The summed E-state index contributed by atoms with van der Waals surface area (Å²) in [5.41, 5.74) is 4.82. The number of hydrogen-bond acceptors (Lipinski definition) is 6. The van der Waals surface area contributed by atoms with Crippen molar-refractivity contribution in [1.82, 2.24) is 24.5 Å². The van der Waals surface area contributed by atoms with Gasteiger partial charge in [0, 0.05) is 55.6 Å². The van der Waals surface area contributed by atoms with Crippen LogP contribution in [0.4, 0.5) is 5.82 Å². The number of benzene rings is 2. The Balaban J connectivity index is 1.15. The van der Waals surface area contributed by atoms with Crippen LogP contribution < -0.4 is 9.64 Å². The van der Waals surface area contributed by atoms with Crippen LogP contribution in [0.2, 0.25) is 0 Å². The summed E-state index contributed by atoms with van der Waals surface area (Å²) in [5.74, 6) is 2.05. The molecule has 0 aliphatic carbocycles. The number of rotatable bonds is 5. The summed E-state index contributed by atoms with van der Waals surface area (Å²) in [6, 6.07) is 18.9. The number of fused-ring (bicyclic) bond motifs is 4. The average molecular weight is 467 g/mol. The van der Waals surface area contributed by atoms with E-state index in [1.807, 2.05) is 11.4 Å². The minimum Gasteiger partial charge on any atom is -0.492 e. The molecule has 0 radical (unpaired) electrons. The number of aromatic nitrogens is 4. The van der Waals surface area contributed by atoms with Crippen molar-refractivity contribution >= 4 is 33.3 Å². The third-order valence-electron chi connectivity index (χ3n) is 6.89. The zero-order valence-electron chi connectivity index (χ0n) is 20.5. The first-order valence-corrected chi connectivity index (χ1v) is 12.3. The lowest BCUT2D eigenvalue weighted by molar-refractivity contribution is 0.201. The molecule has 0 bridgehead atoms. The third-order valence-corrected chi connectivity index (χ3v) is 6.89. The maximum absolute atomic E-state index is 6.18. The van der Waals surface area contributed by atoms with E-state index in [9.17, 15) is 0 Å². The summed E-state index contributed by atoms with van der Waals surface area (Å²) >= 11 is 0. The third kappa shape index (κ3) is 4.06. The van der Waals surface area contributed by atoms with Crippen LogP contribution in [0.5, 0.6) is 5.75 Å². The molecule has 4 heterocycles. The van der Waals surface area contributed by atoms with E-state index in [0.29, 0.717) is 6.61 Å². The minimum atomic E-state index is 0.682. The Bertz CT molecular complexity index is 1530. The second-order valence-electron chi connectivity index (χ2n) is 9.42. The topological polar surface area (TPSA) is 58.8 Å². The molecule has 178 valence electrons. The molecule has 0 unspecified atom stereocenters. The lowest BCUT2D eigenvalue weighted by Gasteiger charge is -2.35. The molecule has 6 rings (SSSR count). The number of anilines is 1. The van der Waals surface area contributed by atoms with Gasteiger partial charge < -0.3 is 9.64 Å². The van der Waals surface area contributed by atoms with E-state index in [2.05, 4.69) is 83.2 Å². The van der Waals surface area contributed by atoms with Crippen molar-refractivity contribution < 1.29 is 4.74 Å². The van der Waals surface area contributed by atoms with E-state index >= 15 is 0 Å². The largest absolute Gasteiger partial charge is 0.492 e. The SMILES string of the molecule is Cc1cc(C)c2c(n1)nn1c(N3CCN(CCOc4cccc5ccccc45)CC3)cc(C)nc21. The molecule has 0 amide bonds. The van der Waals surface area contributed by atoms with Crippen molar-refractivity contribution in [2.75, 3.05) is 44.2 Å². The van der Waals surface area contributed by atoms with Crippen molar-refractivity contribution in [3.05, 3.63) is 71.5 Å². The van der Waals surface area contributed by atoms with Gasteiger partial charge in [0.05, 0.1) is 5.39 Å². The summed E-state index contributed by atoms with van der Waals surface area (Å²) in [5, 5.41) is 8.28. The molecule has 1 saturated heterocycles. The van der Waals surface area contributed by atoms with Gasteiger partial charge in [0.15, 0.2) is 11.3 Å². The molecule has 7 nitrogen and oxygen atoms in total. The van der Waals surface area contributed by atoms with Crippen molar-refractivity contribution in [2.45, 2.75) is 20.8 Å². The van der Waals surface area contributed by atoms with Gasteiger partial charge in [-0.1, -0.05) is 36.4 Å². The van der Waals surface area contributed by atoms with E-state index in [-0.39, 0.29) is 0 Å². The Morgan fingerprint density at radius 3 is 2.49 bits per heavy atom. The van der Waals surface area contributed by atoms with E-state index in [1.54, 1.807) is 0 Å². The summed E-state index contributed by atoms with van der Waals surface area (Å²) in [7, 11) is 0. The molecule has 1 aliphatic rings. The molecule has 3 aromatic heterocycles. The van der Waals surface area contributed by atoms with Crippen LogP contribution in [0.25, 0.3) is 27.5 Å². The normalized spacial score (nSPS) is 14.9. The van der Waals surface area contributed by atoms with Crippen molar-refractivity contribution in [2.24, 2.45) is 0 Å². The van der Waals surface area contributed by atoms with Crippen molar-refractivity contribution in [3.8, 4) is 5.75 Å². The van der Waals surface area contributed by atoms with Gasteiger partial charge in [0.25, 0.3) is 0 Å². The summed E-state index contributed by atoms with van der Waals surface area (Å²) < 4.78 is 8.16. The summed E-state index contributed by atoms with van der Waals surface area (Å²) in [4.78, 5) is 14.4. The Kier molecular flexibility index (Phi) is 5.49. The van der Waals surface area contributed by atoms with Crippen LogP contribution >= 0.6 is 0 Å². The highest BCUT2D eigenvalue weighted by atomic mass is 16.5. The van der Waals surface area contributed by atoms with Crippen LogP contribution in [0.3, 0.4) is 0 Å². The van der Waals surface area contributed by atoms with Gasteiger partial charge in [-0.15, -0.1) is 5.10 Å².